The van der Waals surface area contributed by atoms with Gasteiger partial charge in [0.05, 0.1) is 18.7 Å². The molecule has 0 aliphatic carbocycles. The molecule has 0 spiro atoms. The molecule has 1 aromatic carbocycles. The normalized spacial score (nSPS) is 21.5. The van der Waals surface area contributed by atoms with E-state index in [4.69, 9.17) is 4.74 Å². The Hall–Kier alpha value is -1.70. The van der Waals surface area contributed by atoms with E-state index < -0.39 is 0 Å². The molecule has 2 aliphatic heterocycles. The molecule has 3 heterocycles. The lowest BCUT2D eigenvalue weighted by Crippen LogP contribution is -3.00. The Kier molecular flexibility index (Phi) is 7.65. The van der Waals surface area contributed by atoms with Crippen molar-refractivity contribution >= 4 is 5.69 Å². The van der Waals surface area contributed by atoms with E-state index >= 15 is 0 Å². The number of para-hydroxylation sites is 1. The van der Waals surface area contributed by atoms with Crippen LogP contribution in [0.25, 0.3) is 0 Å². The summed E-state index contributed by atoms with van der Waals surface area (Å²) in [6.45, 7) is 8.02. The summed E-state index contributed by atoms with van der Waals surface area (Å²) in [7, 11) is 0. The monoisotopic (exact) mass is 405 g/mol. The first-order valence-electron chi connectivity index (χ1n) is 10.3. The number of piperazine rings is 1. The molecular formula is C20H30ClN6O-. The molecule has 2 aliphatic rings. The van der Waals surface area contributed by atoms with Crippen molar-refractivity contribution < 1.29 is 17.1 Å². The molecule has 0 radical (unpaired) electrons. The largest absolute Gasteiger partial charge is 1.00 e. The van der Waals surface area contributed by atoms with Gasteiger partial charge in [-0.15, -0.1) is 5.10 Å². The summed E-state index contributed by atoms with van der Waals surface area (Å²) in [5, 5.41) is 12.7. The molecule has 28 heavy (non-hydrogen) atoms. The minimum Gasteiger partial charge on any atom is -1.00 e. The van der Waals surface area contributed by atoms with E-state index in [0.29, 0.717) is 0 Å². The third-order valence-electron chi connectivity index (χ3n) is 5.70. The summed E-state index contributed by atoms with van der Waals surface area (Å²) in [4.78, 5) is 5.02. The molecule has 0 bridgehead atoms. The minimum atomic E-state index is 0. The van der Waals surface area contributed by atoms with Gasteiger partial charge in [-0.25, -0.2) is 4.68 Å². The molecule has 8 heteroatoms. The van der Waals surface area contributed by atoms with Gasteiger partial charge in [-0.2, -0.15) is 0 Å². The zero-order valence-electron chi connectivity index (χ0n) is 16.6. The predicted molar refractivity (Wildman–Crippen MR) is 105 cm³/mol. The predicted octanol–water partition coefficient (Wildman–Crippen LogP) is -0.480. The molecule has 2 unspecified atom stereocenters. The van der Waals surface area contributed by atoms with E-state index in [-0.39, 0.29) is 24.6 Å². The molecule has 2 saturated heterocycles. The van der Waals surface area contributed by atoms with Gasteiger partial charge in [0.25, 0.3) is 0 Å². The van der Waals surface area contributed by atoms with Crippen molar-refractivity contribution in [1.29, 1.82) is 0 Å². The zero-order valence-corrected chi connectivity index (χ0v) is 17.3. The highest BCUT2D eigenvalue weighted by Crippen LogP contribution is 2.27. The van der Waals surface area contributed by atoms with Crippen LogP contribution >= 0.6 is 0 Å². The van der Waals surface area contributed by atoms with Gasteiger partial charge in [0.1, 0.15) is 0 Å². The van der Waals surface area contributed by atoms with E-state index in [1.165, 1.54) is 5.69 Å². The smallest absolute Gasteiger partial charge is 0.168 e. The van der Waals surface area contributed by atoms with Gasteiger partial charge < -0.3 is 22.0 Å². The molecule has 2 aromatic rings. The average molecular weight is 406 g/mol. The van der Waals surface area contributed by atoms with Gasteiger partial charge >= 0.3 is 0 Å². The second-order valence-electron chi connectivity index (χ2n) is 7.52. The quantitative estimate of drug-likeness (QED) is 0.620. The standard InChI is InChI=1S/C20H30N6O.ClH/c1-2-7-19(20-21-22-23-26(20)16-18-10-6-15-27-18)25-13-11-24(12-14-25)17-8-4-3-5-9-17;/h3-5,8-9,18-19H,2,6-7,10-16H2,1H3;1H/p-1. The first kappa shape index (κ1) is 21.0. The van der Waals surface area contributed by atoms with Crippen LogP contribution in [0.1, 0.15) is 44.5 Å². The molecule has 154 valence electrons. The van der Waals surface area contributed by atoms with Crippen LogP contribution in [-0.2, 0) is 11.3 Å². The maximum absolute atomic E-state index is 5.79. The summed E-state index contributed by atoms with van der Waals surface area (Å²) in [6.07, 6.45) is 4.70. The van der Waals surface area contributed by atoms with E-state index in [1.807, 2.05) is 4.68 Å². The van der Waals surface area contributed by atoms with Crippen LogP contribution in [0.2, 0.25) is 0 Å². The molecule has 0 amide bonds. The zero-order chi connectivity index (χ0) is 18.5. The second kappa shape index (κ2) is 10.2. The number of halogens is 1. The maximum atomic E-state index is 5.79. The van der Waals surface area contributed by atoms with Gasteiger partial charge in [-0.1, -0.05) is 31.5 Å². The van der Waals surface area contributed by atoms with Crippen LogP contribution in [0.3, 0.4) is 0 Å². The Labute approximate surface area is 173 Å². The van der Waals surface area contributed by atoms with Crippen molar-refractivity contribution in [2.75, 3.05) is 37.7 Å². The fraction of sp³-hybridized carbons (Fsp3) is 0.650. The number of hydrogen-bond acceptors (Lipinski definition) is 6. The highest BCUT2D eigenvalue weighted by molar-refractivity contribution is 5.46. The highest BCUT2D eigenvalue weighted by atomic mass is 35.5. The number of hydrogen-bond donors (Lipinski definition) is 0. The van der Waals surface area contributed by atoms with E-state index in [2.05, 4.69) is 62.6 Å². The molecule has 2 fully saturated rings. The summed E-state index contributed by atoms with van der Waals surface area (Å²) < 4.78 is 7.78. The molecule has 0 saturated carbocycles. The van der Waals surface area contributed by atoms with Crippen LogP contribution in [0, 0.1) is 0 Å². The SMILES string of the molecule is CCCC(c1nnnn1CC1CCCO1)N1CCN(c2ccccc2)CC1.[Cl-]. The first-order valence-corrected chi connectivity index (χ1v) is 10.3. The number of nitrogens with zero attached hydrogens (tertiary/aromatic N) is 6. The van der Waals surface area contributed by atoms with Crippen LogP contribution < -0.4 is 17.3 Å². The third-order valence-corrected chi connectivity index (χ3v) is 5.70. The number of ether oxygens (including phenoxy) is 1. The summed E-state index contributed by atoms with van der Waals surface area (Å²) >= 11 is 0. The number of rotatable bonds is 7. The van der Waals surface area contributed by atoms with E-state index in [1.54, 1.807) is 0 Å². The maximum Gasteiger partial charge on any atom is 0.168 e. The number of anilines is 1. The van der Waals surface area contributed by atoms with E-state index in [9.17, 15) is 0 Å². The Morgan fingerprint density at radius 2 is 1.93 bits per heavy atom. The topological polar surface area (TPSA) is 59.3 Å². The fourth-order valence-electron chi connectivity index (χ4n) is 4.24. The van der Waals surface area contributed by atoms with E-state index in [0.717, 1.165) is 70.8 Å². The van der Waals surface area contributed by atoms with Gasteiger partial charge in [0.15, 0.2) is 5.82 Å². The van der Waals surface area contributed by atoms with Crippen molar-refractivity contribution in [3.8, 4) is 0 Å². The number of benzene rings is 1. The van der Waals surface area contributed by atoms with Crippen molar-refractivity contribution in [3.63, 3.8) is 0 Å². The Balaban J connectivity index is 0.00000225. The van der Waals surface area contributed by atoms with Gasteiger partial charge in [-0.05, 0) is 41.8 Å². The lowest BCUT2D eigenvalue weighted by atomic mass is 10.1. The number of tetrazole rings is 1. The van der Waals surface area contributed by atoms with Crippen molar-refractivity contribution in [2.24, 2.45) is 0 Å². The van der Waals surface area contributed by atoms with Crippen LogP contribution in [0.4, 0.5) is 5.69 Å². The summed E-state index contributed by atoms with van der Waals surface area (Å²) in [5.41, 5.74) is 1.31. The molecule has 4 rings (SSSR count). The Bertz CT molecular complexity index is 698. The number of aromatic nitrogens is 4. The van der Waals surface area contributed by atoms with Gasteiger partial charge in [-0.3, -0.25) is 4.90 Å². The van der Waals surface area contributed by atoms with Crippen molar-refractivity contribution in [2.45, 2.75) is 51.3 Å². The third kappa shape index (κ3) is 4.82. The first-order chi connectivity index (χ1) is 13.3. The Morgan fingerprint density at radius 3 is 2.61 bits per heavy atom. The van der Waals surface area contributed by atoms with Crippen molar-refractivity contribution in [3.05, 3.63) is 36.2 Å². The summed E-state index contributed by atoms with van der Waals surface area (Å²) in [6, 6.07) is 11.0. The fourth-order valence-corrected chi connectivity index (χ4v) is 4.24. The summed E-state index contributed by atoms with van der Waals surface area (Å²) in [5.74, 6) is 1.00. The second-order valence-corrected chi connectivity index (χ2v) is 7.52. The molecule has 7 nitrogen and oxygen atoms in total. The lowest BCUT2D eigenvalue weighted by Gasteiger charge is -2.39. The van der Waals surface area contributed by atoms with Crippen LogP contribution in [0.5, 0.6) is 0 Å². The molecular weight excluding hydrogens is 376 g/mol. The average Bonchev–Trinajstić information content (AvgIpc) is 3.40. The molecule has 1 aromatic heterocycles. The van der Waals surface area contributed by atoms with Gasteiger partial charge in [0, 0.05) is 38.5 Å². The Morgan fingerprint density at radius 1 is 1.14 bits per heavy atom. The van der Waals surface area contributed by atoms with Crippen molar-refractivity contribution in [1.82, 2.24) is 25.1 Å². The van der Waals surface area contributed by atoms with Crippen LogP contribution in [0.15, 0.2) is 30.3 Å². The lowest BCUT2D eigenvalue weighted by molar-refractivity contribution is -0.00000744. The molecule has 0 N–H and O–H groups in total. The minimum absolute atomic E-state index is 0. The highest BCUT2D eigenvalue weighted by Gasteiger charge is 2.29. The molecule has 2 atom stereocenters. The van der Waals surface area contributed by atoms with Crippen LogP contribution in [-0.4, -0.2) is 64.0 Å². The van der Waals surface area contributed by atoms with Gasteiger partial charge in [0.2, 0.25) is 0 Å².